The van der Waals surface area contributed by atoms with E-state index in [4.69, 9.17) is 4.74 Å². The molecule has 2 N–H and O–H groups in total. The lowest BCUT2D eigenvalue weighted by Crippen LogP contribution is -2.76. The highest BCUT2D eigenvalue weighted by Gasteiger charge is 2.50. The highest BCUT2D eigenvalue weighted by Crippen LogP contribution is 2.29. The van der Waals surface area contributed by atoms with Gasteiger partial charge in [0, 0.05) is 25.7 Å². The van der Waals surface area contributed by atoms with Crippen LogP contribution in [0.5, 0.6) is 5.75 Å². The predicted octanol–water partition coefficient (Wildman–Crippen LogP) is 3.55. The second-order valence-electron chi connectivity index (χ2n) is 10.9. The average molecular weight is 602 g/mol. The Balaban J connectivity index is 1.37. The molecule has 5 rings (SSSR count). The molecule has 2 aliphatic heterocycles. The third-order valence-electron chi connectivity index (χ3n) is 7.82. The van der Waals surface area contributed by atoms with Crippen molar-refractivity contribution in [2.75, 3.05) is 26.2 Å². The van der Waals surface area contributed by atoms with Gasteiger partial charge in [0.2, 0.25) is 11.8 Å². The molecule has 11 heteroatoms. The third-order valence-corrected chi connectivity index (χ3v) is 7.82. The van der Waals surface area contributed by atoms with E-state index in [1.54, 1.807) is 29.2 Å². The largest absolute Gasteiger partial charge is 0.508 e. The summed E-state index contributed by atoms with van der Waals surface area (Å²) in [6.45, 7) is 6.75. The Morgan fingerprint density at radius 1 is 1.02 bits per heavy atom. The SMILES string of the molecule is C=CN1CC(=O)N2[C@@H](Cc3ccc(O)cc3)C(=O)N(CCOCc3ccc(C)cc3)C[C@@H]2N1C(=O)NCc1ccc(F)cc1. The van der Waals surface area contributed by atoms with E-state index in [1.165, 1.54) is 45.4 Å². The summed E-state index contributed by atoms with van der Waals surface area (Å²) in [6, 6.07) is 18.9. The van der Waals surface area contributed by atoms with Crippen molar-refractivity contribution in [2.24, 2.45) is 0 Å². The number of ether oxygens (including phenoxy) is 1. The van der Waals surface area contributed by atoms with Crippen molar-refractivity contribution in [3.63, 3.8) is 0 Å². The number of piperazine rings is 1. The summed E-state index contributed by atoms with van der Waals surface area (Å²) in [5.74, 6) is -0.851. The molecule has 2 aliphatic rings. The number of aromatic hydroxyl groups is 1. The van der Waals surface area contributed by atoms with Crippen LogP contribution in [0.4, 0.5) is 9.18 Å². The number of urea groups is 1. The Hall–Kier alpha value is -4.90. The normalized spacial score (nSPS) is 18.3. The molecule has 0 saturated carbocycles. The molecule has 2 saturated heterocycles. The lowest BCUT2D eigenvalue weighted by Gasteiger charge is -2.55. The first-order chi connectivity index (χ1) is 21.2. The lowest BCUT2D eigenvalue weighted by molar-refractivity contribution is -0.184. The number of phenols is 1. The zero-order valence-corrected chi connectivity index (χ0v) is 24.6. The molecule has 230 valence electrons. The van der Waals surface area contributed by atoms with Crippen molar-refractivity contribution >= 4 is 17.8 Å². The molecule has 2 atom stereocenters. The van der Waals surface area contributed by atoms with E-state index in [9.17, 15) is 23.9 Å². The van der Waals surface area contributed by atoms with E-state index in [2.05, 4.69) is 11.9 Å². The topological polar surface area (TPSA) is 106 Å². The maximum absolute atomic E-state index is 13.9. The number of phenolic OH excluding ortho intramolecular Hbond substituents is 1. The Morgan fingerprint density at radius 3 is 2.36 bits per heavy atom. The third kappa shape index (κ3) is 7.00. The van der Waals surface area contributed by atoms with Crippen LogP contribution in [0.3, 0.4) is 0 Å². The molecular formula is C33H36FN5O5. The summed E-state index contributed by atoms with van der Waals surface area (Å²) in [4.78, 5) is 44.2. The zero-order chi connectivity index (χ0) is 31.2. The molecular weight excluding hydrogens is 565 g/mol. The number of carbonyl (C=O) groups excluding carboxylic acids is 3. The Morgan fingerprint density at radius 2 is 1.68 bits per heavy atom. The van der Waals surface area contributed by atoms with Gasteiger partial charge in [0.15, 0.2) is 0 Å². The number of hydrogen-bond donors (Lipinski definition) is 2. The van der Waals surface area contributed by atoms with Crippen molar-refractivity contribution in [3.05, 3.63) is 114 Å². The number of hydrazine groups is 1. The van der Waals surface area contributed by atoms with Crippen LogP contribution < -0.4 is 5.32 Å². The van der Waals surface area contributed by atoms with Crippen LogP contribution in [-0.4, -0.2) is 81.2 Å². The number of hydrogen-bond acceptors (Lipinski definition) is 6. The van der Waals surface area contributed by atoms with Gasteiger partial charge in [-0.15, -0.1) is 0 Å². The molecule has 2 heterocycles. The highest BCUT2D eigenvalue weighted by atomic mass is 19.1. The number of halogens is 1. The quantitative estimate of drug-likeness (QED) is 0.345. The second-order valence-corrected chi connectivity index (χ2v) is 10.9. The van der Waals surface area contributed by atoms with Crippen molar-refractivity contribution in [1.82, 2.24) is 25.1 Å². The summed E-state index contributed by atoms with van der Waals surface area (Å²) in [5.41, 5.74) is 3.62. The molecule has 0 unspecified atom stereocenters. The summed E-state index contributed by atoms with van der Waals surface area (Å²) >= 11 is 0. The Labute approximate surface area is 255 Å². The van der Waals surface area contributed by atoms with Crippen LogP contribution in [0.1, 0.15) is 22.3 Å². The van der Waals surface area contributed by atoms with Crippen LogP contribution in [0.2, 0.25) is 0 Å². The molecule has 0 spiro atoms. The highest BCUT2D eigenvalue weighted by molar-refractivity contribution is 5.91. The minimum absolute atomic E-state index is 0.0683. The fourth-order valence-corrected chi connectivity index (χ4v) is 5.47. The lowest BCUT2D eigenvalue weighted by atomic mass is 9.98. The van der Waals surface area contributed by atoms with Crippen LogP contribution in [0.15, 0.2) is 85.6 Å². The molecule has 3 aromatic rings. The monoisotopic (exact) mass is 601 g/mol. The van der Waals surface area contributed by atoms with Gasteiger partial charge in [-0.25, -0.2) is 14.2 Å². The fraction of sp³-hybridized carbons (Fsp3) is 0.303. The van der Waals surface area contributed by atoms with Crippen LogP contribution >= 0.6 is 0 Å². The van der Waals surface area contributed by atoms with Gasteiger partial charge >= 0.3 is 6.03 Å². The van der Waals surface area contributed by atoms with Crippen LogP contribution in [0, 0.1) is 12.7 Å². The van der Waals surface area contributed by atoms with Crippen molar-refractivity contribution in [1.29, 1.82) is 0 Å². The number of nitrogens with one attached hydrogen (secondary N) is 1. The Bertz CT molecular complexity index is 1480. The fourth-order valence-electron chi connectivity index (χ4n) is 5.47. The smallest absolute Gasteiger partial charge is 0.338 e. The second kappa shape index (κ2) is 13.6. The minimum Gasteiger partial charge on any atom is -0.508 e. The Kier molecular flexibility index (Phi) is 9.44. The van der Waals surface area contributed by atoms with Crippen molar-refractivity contribution < 1.29 is 28.6 Å². The van der Waals surface area contributed by atoms with Crippen LogP contribution in [-0.2, 0) is 33.9 Å². The van der Waals surface area contributed by atoms with Crippen LogP contribution in [0.25, 0.3) is 0 Å². The standard InChI is InChI=1S/C33H36FN5O5/c1-3-37-21-31(41)38-29(18-24-10-14-28(40)15-11-24)32(42)36(16-17-44-22-26-6-4-23(2)5-7-26)20-30(38)39(37)33(43)35-19-25-8-12-27(34)13-9-25/h3-15,29-30,40H,1,16-22H2,2H3,(H,35,43)/t29-,30-/m0/s1. The molecule has 0 aromatic heterocycles. The molecule has 10 nitrogen and oxygen atoms in total. The number of carbonyl (C=O) groups is 3. The number of aryl methyl sites for hydroxylation is 1. The van der Waals surface area contributed by atoms with E-state index in [0.29, 0.717) is 12.2 Å². The molecule has 0 bridgehead atoms. The van der Waals surface area contributed by atoms with Gasteiger partial charge in [-0.05, 0) is 47.9 Å². The average Bonchev–Trinajstić information content (AvgIpc) is 3.02. The number of fused-ring (bicyclic) bond motifs is 1. The van der Waals surface area contributed by atoms with Gasteiger partial charge in [0.25, 0.3) is 0 Å². The van der Waals surface area contributed by atoms with Gasteiger partial charge < -0.3 is 25.0 Å². The van der Waals surface area contributed by atoms with E-state index in [1.807, 2.05) is 31.2 Å². The van der Waals surface area contributed by atoms with Gasteiger partial charge in [-0.3, -0.25) is 14.6 Å². The summed E-state index contributed by atoms with van der Waals surface area (Å²) in [6.07, 6.45) is 0.785. The summed E-state index contributed by atoms with van der Waals surface area (Å²) in [7, 11) is 0. The molecule has 2 fully saturated rings. The molecule has 4 amide bonds. The van der Waals surface area contributed by atoms with E-state index < -0.39 is 18.2 Å². The molecule has 0 aliphatic carbocycles. The molecule has 0 radical (unpaired) electrons. The molecule has 44 heavy (non-hydrogen) atoms. The summed E-state index contributed by atoms with van der Waals surface area (Å²) in [5, 5.41) is 15.5. The summed E-state index contributed by atoms with van der Waals surface area (Å²) < 4.78 is 19.3. The van der Waals surface area contributed by atoms with E-state index in [0.717, 1.165) is 16.7 Å². The van der Waals surface area contributed by atoms with Gasteiger partial charge in [-0.2, -0.15) is 0 Å². The van der Waals surface area contributed by atoms with E-state index in [-0.39, 0.29) is 62.6 Å². The number of benzene rings is 3. The number of amides is 4. The zero-order valence-electron chi connectivity index (χ0n) is 24.6. The first-order valence-electron chi connectivity index (χ1n) is 14.4. The van der Waals surface area contributed by atoms with Gasteiger partial charge in [-0.1, -0.05) is 60.7 Å². The van der Waals surface area contributed by atoms with Gasteiger partial charge in [0.1, 0.15) is 30.3 Å². The number of rotatable bonds is 10. The first-order valence-corrected chi connectivity index (χ1v) is 14.4. The molecule has 3 aromatic carbocycles. The van der Waals surface area contributed by atoms with Crippen molar-refractivity contribution in [2.45, 2.75) is 38.7 Å². The van der Waals surface area contributed by atoms with Gasteiger partial charge in [0.05, 0.1) is 19.8 Å². The predicted molar refractivity (Wildman–Crippen MR) is 161 cm³/mol. The minimum atomic E-state index is -0.887. The van der Waals surface area contributed by atoms with Crippen molar-refractivity contribution in [3.8, 4) is 5.75 Å². The number of nitrogens with zero attached hydrogens (tertiary/aromatic N) is 4. The first kappa shape index (κ1) is 30.6. The van der Waals surface area contributed by atoms with E-state index >= 15 is 0 Å². The maximum Gasteiger partial charge on any atom is 0.338 e. The maximum atomic E-state index is 13.9.